The summed E-state index contributed by atoms with van der Waals surface area (Å²) in [7, 11) is 0. The normalized spacial score (nSPS) is 12.1. The summed E-state index contributed by atoms with van der Waals surface area (Å²) < 4.78 is 0. The van der Waals surface area contributed by atoms with Crippen LogP contribution in [0, 0.1) is 5.92 Å². The van der Waals surface area contributed by atoms with Crippen molar-refractivity contribution in [3.05, 3.63) is 48.2 Å². The van der Waals surface area contributed by atoms with E-state index in [1.807, 2.05) is 30.3 Å². The first-order valence-electron chi connectivity index (χ1n) is 5.74. The Balaban J connectivity index is 1.98. The van der Waals surface area contributed by atoms with E-state index in [0.717, 1.165) is 5.56 Å². The molecular formula is C13H15N3OS. The van der Waals surface area contributed by atoms with Crippen LogP contribution in [0.1, 0.15) is 5.56 Å². The van der Waals surface area contributed by atoms with E-state index in [-0.39, 0.29) is 11.8 Å². The van der Waals surface area contributed by atoms with Crippen LogP contribution in [0.25, 0.3) is 0 Å². The highest BCUT2D eigenvalue weighted by Crippen LogP contribution is 2.12. The number of aromatic nitrogens is 2. The van der Waals surface area contributed by atoms with Gasteiger partial charge in [0, 0.05) is 11.8 Å². The molecule has 1 aromatic heterocycles. The molecule has 1 heterocycles. The van der Waals surface area contributed by atoms with Gasteiger partial charge in [-0.05, 0) is 12.0 Å². The topological polar surface area (TPSA) is 57.8 Å². The Morgan fingerprint density at radius 1 is 1.33 bits per heavy atom. The van der Waals surface area contributed by atoms with E-state index in [2.05, 4.69) is 28.1 Å². The summed E-state index contributed by atoms with van der Waals surface area (Å²) in [5.74, 6) is 0.923. The highest BCUT2D eigenvalue weighted by Gasteiger charge is 2.17. The summed E-state index contributed by atoms with van der Waals surface area (Å²) in [5.41, 5.74) is 1.14. The minimum Gasteiger partial charge on any atom is -0.311 e. The lowest BCUT2D eigenvalue weighted by atomic mass is 10.0. The summed E-state index contributed by atoms with van der Waals surface area (Å²) in [6.07, 6.45) is 2.28. The molecule has 1 aromatic carbocycles. The maximum atomic E-state index is 12.0. The van der Waals surface area contributed by atoms with E-state index in [0.29, 0.717) is 18.0 Å². The van der Waals surface area contributed by atoms with Gasteiger partial charge < -0.3 is 5.32 Å². The first-order chi connectivity index (χ1) is 8.79. The molecule has 0 aliphatic rings. The average molecular weight is 261 g/mol. The zero-order valence-electron chi connectivity index (χ0n) is 9.84. The Morgan fingerprint density at radius 3 is 2.72 bits per heavy atom. The summed E-state index contributed by atoms with van der Waals surface area (Å²) in [6, 6.07) is 11.6. The molecule has 0 saturated carbocycles. The number of carbonyl (C=O) groups excluding carboxylic acids is 1. The molecule has 0 aliphatic carbocycles. The van der Waals surface area contributed by atoms with E-state index < -0.39 is 0 Å². The highest BCUT2D eigenvalue weighted by molar-refractivity contribution is 7.80. The van der Waals surface area contributed by atoms with Gasteiger partial charge in [-0.2, -0.15) is 17.7 Å². The van der Waals surface area contributed by atoms with Gasteiger partial charge in [0.1, 0.15) is 5.82 Å². The molecule has 2 N–H and O–H groups in total. The number of hydrogen-bond donors (Lipinski definition) is 3. The Bertz CT molecular complexity index is 484. The second-order valence-electron chi connectivity index (χ2n) is 4.03. The van der Waals surface area contributed by atoms with Gasteiger partial charge in [-0.25, -0.2) is 0 Å². The molecule has 1 unspecified atom stereocenters. The van der Waals surface area contributed by atoms with Gasteiger partial charge in [-0.3, -0.25) is 9.89 Å². The smallest absolute Gasteiger partial charge is 0.229 e. The maximum absolute atomic E-state index is 12.0. The number of nitrogens with zero attached hydrogens (tertiary/aromatic N) is 1. The molecule has 2 rings (SSSR count). The Morgan fingerprint density at radius 2 is 2.11 bits per heavy atom. The fourth-order valence-electron chi connectivity index (χ4n) is 1.70. The number of benzene rings is 1. The highest BCUT2D eigenvalue weighted by atomic mass is 32.1. The number of H-pyrrole nitrogens is 1. The summed E-state index contributed by atoms with van der Waals surface area (Å²) in [5, 5.41) is 9.28. The summed E-state index contributed by atoms with van der Waals surface area (Å²) in [4.78, 5) is 12.0. The van der Waals surface area contributed by atoms with Gasteiger partial charge >= 0.3 is 0 Å². The van der Waals surface area contributed by atoms with Crippen molar-refractivity contribution in [2.75, 3.05) is 11.1 Å². The summed E-state index contributed by atoms with van der Waals surface area (Å²) in [6.45, 7) is 0. The molecule has 1 amide bonds. The third-order valence-corrected chi connectivity index (χ3v) is 3.12. The lowest BCUT2D eigenvalue weighted by Gasteiger charge is -2.13. The predicted octanol–water partition coefficient (Wildman–Crippen LogP) is 2.14. The molecule has 0 fully saturated rings. The van der Waals surface area contributed by atoms with E-state index in [9.17, 15) is 4.79 Å². The van der Waals surface area contributed by atoms with Gasteiger partial charge in [0.05, 0.1) is 12.1 Å². The van der Waals surface area contributed by atoms with Crippen molar-refractivity contribution in [2.24, 2.45) is 5.92 Å². The van der Waals surface area contributed by atoms with Crippen molar-refractivity contribution in [3.63, 3.8) is 0 Å². The number of nitrogens with one attached hydrogen (secondary N) is 2. The maximum Gasteiger partial charge on any atom is 0.229 e. The van der Waals surface area contributed by atoms with Crippen molar-refractivity contribution in [3.8, 4) is 0 Å². The van der Waals surface area contributed by atoms with Crippen LogP contribution in [0.15, 0.2) is 42.6 Å². The van der Waals surface area contributed by atoms with Crippen LogP contribution in [-0.4, -0.2) is 21.9 Å². The molecule has 1 atom stereocenters. The first-order valence-corrected chi connectivity index (χ1v) is 6.38. The van der Waals surface area contributed by atoms with Gasteiger partial charge in [-0.1, -0.05) is 30.3 Å². The number of hydrogen-bond acceptors (Lipinski definition) is 3. The fourth-order valence-corrected chi connectivity index (χ4v) is 1.99. The van der Waals surface area contributed by atoms with Crippen molar-refractivity contribution in [1.29, 1.82) is 0 Å². The molecular weight excluding hydrogens is 246 g/mol. The Labute approximate surface area is 111 Å². The molecule has 0 aliphatic heterocycles. The van der Waals surface area contributed by atoms with Crippen molar-refractivity contribution < 1.29 is 4.79 Å². The number of thiol groups is 1. The fraction of sp³-hybridized carbons (Fsp3) is 0.231. The number of anilines is 1. The van der Waals surface area contributed by atoms with Gasteiger partial charge in [-0.15, -0.1) is 0 Å². The van der Waals surface area contributed by atoms with Gasteiger partial charge in [0.15, 0.2) is 0 Å². The van der Waals surface area contributed by atoms with Crippen LogP contribution in [0.3, 0.4) is 0 Å². The quantitative estimate of drug-likeness (QED) is 0.722. The van der Waals surface area contributed by atoms with Gasteiger partial charge in [0.2, 0.25) is 5.91 Å². The van der Waals surface area contributed by atoms with Crippen LogP contribution >= 0.6 is 12.6 Å². The molecule has 0 bridgehead atoms. The lowest BCUT2D eigenvalue weighted by molar-refractivity contribution is -0.119. The van der Waals surface area contributed by atoms with Crippen molar-refractivity contribution in [2.45, 2.75) is 6.42 Å². The SMILES string of the molecule is O=C(Nc1ccn[nH]1)C(CS)Cc1ccccc1. The van der Waals surface area contributed by atoms with Crippen molar-refractivity contribution in [1.82, 2.24) is 10.2 Å². The number of amides is 1. The van der Waals surface area contributed by atoms with E-state index in [1.165, 1.54) is 0 Å². The molecule has 94 valence electrons. The van der Waals surface area contributed by atoms with E-state index >= 15 is 0 Å². The second kappa shape index (κ2) is 6.26. The molecule has 0 spiro atoms. The minimum absolute atomic E-state index is 0.0434. The van der Waals surface area contributed by atoms with Crippen LogP contribution in [0.5, 0.6) is 0 Å². The standard InChI is InChI=1S/C13H15N3OS/c17-13(15-12-6-7-14-16-12)11(9-18)8-10-4-2-1-3-5-10/h1-7,11,18H,8-9H2,(H2,14,15,16,17). The number of rotatable bonds is 5. The molecule has 2 aromatic rings. The van der Waals surface area contributed by atoms with Crippen molar-refractivity contribution >= 4 is 24.4 Å². The first kappa shape index (κ1) is 12.7. The predicted molar refractivity (Wildman–Crippen MR) is 74.7 cm³/mol. The number of aromatic amines is 1. The number of carbonyl (C=O) groups is 1. The lowest BCUT2D eigenvalue weighted by Crippen LogP contribution is -2.26. The molecule has 0 saturated heterocycles. The third-order valence-electron chi connectivity index (χ3n) is 2.67. The van der Waals surface area contributed by atoms with Gasteiger partial charge in [0.25, 0.3) is 0 Å². The van der Waals surface area contributed by atoms with Crippen LogP contribution in [0.2, 0.25) is 0 Å². The molecule has 5 heteroatoms. The van der Waals surface area contributed by atoms with E-state index in [4.69, 9.17) is 0 Å². The summed E-state index contributed by atoms with van der Waals surface area (Å²) >= 11 is 4.25. The zero-order chi connectivity index (χ0) is 12.8. The third kappa shape index (κ3) is 3.37. The van der Waals surface area contributed by atoms with Crippen LogP contribution < -0.4 is 5.32 Å². The Hall–Kier alpha value is -1.75. The average Bonchev–Trinajstić information content (AvgIpc) is 2.90. The Kier molecular flexibility index (Phi) is 4.41. The second-order valence-corrected chi connectivity index (χ2v) is 4.39. The monoisotopic (exact) mass is 261 g/mol. The van der Waals surface area contributed by atoms with Crippen LogP contribution in [-0.2, 0) is 11.2 Å². The minimum atomic E-state index is -0.154. The van der Waals surface area contributed by atoms with Crippen LogP contribution in [0.4, 0.5) is 5.82 Å². The zero-order valence-corrected chi connectivity index (χ0v) is 10.7. The molecule has 4 nitrogen and oxygen atoms in total. The largest absolute Gasteiger partial charge is 0.311 e. The van der Waals surface area contributed by atoms with E-state index in [1.54, 1.807) is 12.3 Å². The molecule has 0 radical (unpaired) electrons. The molecule has 18 heavy (non-hydrogen) atoms.